The van der Waals surface area contributed by atoms with E-state index in [1.54, 1.807) is 49.6 Å². The summed E-state index contributed by atoms with van der Waals surface area (Å²) in [5.74, 6) is 0.153. The number of fused-ring (bicyclic) bond motifs is 3. The van der Waals surface area contributed by atoms with E-state index in [0.717, 1.165) is 44.3 Å². The Labute approximate surface area is 212 Å². The summed E-state index contributed by atoms with van der Waals surface area (Å²) < 4.78 is 33.4. The molecular formula is C26H32N4O5S. The molecule has 3 heterocycles. The fourth-order valence-corrected chi connectivity index (χ4v) is 6.87. The number of anilines is 3. The topological polar surface area (TPSA) is 99.3 Å². The second kappa shape index (κ2) is 10.1. The van der Waals surface area contributed by atoms with Crippen molar-refractivity contribution >= 4 is 38.9 Å². The van der Waals surface area contributed by atoms with E-state index >= 15 is 0 Å². The number of benzene rings is 2. The third-order valence-corrected chi connectivity index (χ3v) is 9.12. The lowest BCUT2D eigenvalue weighted by atomic mass is 9.96. The number of sulfonamides is 1. The van der Waals surface area contributed by atoms with Gasteiger partial charge in [-0.2, -0.15) is 4.31 Å². The molecule has 10 heteroatoms. The first-order valence-corrected chi connectivity index (χ1v) is 14.0. The van der Waals surface area contributed by atoms with Crippen molar-refractivity contribution in [2.75, 3.05) is 48.4 Å². The Morgan fingerprint density at radius 1 is 0.972 bits per heavy atom. The first-order chi connectivity index (χ1) is 17.4. The van der Waals surface area contributed by atoms with Crippen LogP contribution < -0.4 is 19.9 Å². The van der Waals surface area contributed by atoms with E-state index < -0.39 is 10.0 Å². The lowest BCUT2D eigenvalue weighted by molar-refractivity contribution is -0.123. The van der Waals surface area contributed by atoms with Gasteiger partial charge in [0, 0.05) is 25.3 Å². The van der Waals surface area contributed by atoms with E-state index in [2.05, 4.69) is 10.2 Å². The molecule has 0 radical (unpaired) electrons. The van der Waals surface area contributed by atoms with E-state index in [1.165, 1.54) is 9.21 Å². The minimum atomic E-state index is -3.68. The van der Waals surface area contributed by atoms with Gasteiger partial charge in [-0.15, -0.1) is 0 Å². The number of piperidine rings is 2. The van der Waals surface area contributed by atoms with Crippen LogP contribution in [0.3, 0.4) is 0 Å². The fraction of sp³-hybridized carbons (Fsp3) is 0.462. The van der Waals surface area contributed by atoms with Gasteiger partial charge in [-0.3, -0.25) is 14.5 Å². The van der Waals surface area contributed by atoms with Crippen LogP contribution in [-0.2, 0) is 19.6 Å². The van der Waals surface area contributed by atoms with Gasteiger partial charge in [0.25, 0.3) is 0 Å². The molecule has 2 fully saturated rings. The van der Waals surface area contributed by atoms with E-state index in [9.17, 15) is 18.0 Å². The number of methoxy groups -OCH3 is 1. The second-order valence-electron chi connectivity index (χ2n) is 9.52. The molecule has 0 aliphatic carbocycles. The highest BCUT2D eigenvalue weighted by molar-refractivity contribution is 7.89. The van der Waals surface area contributed by atoms with Gasteiger partial charge in [-0.25, -0.2) is 8.42 Å². The van der Waals surface area contributed by atoms with Crippen LogP contribution >= 0.6 is 0 Å². The normalized spacial score (nSPS) is 20.5. The molecule has 2 amide bonds. The quantitative estimate of drug-likeness (QED) is 0.638. The zero-order valence-electron chi connectivity index (χ0n) is 20.5. The van der Waals surface area contributed by atoms with Crippen molar-refractivity contribution in [1.29, 1.82) is 0 Å². The molecule has 2 aromatic carbocycles. The van der Waals surface area contributed by atoms with Gasteiger partial charge in [-0.05, 0) is 74.6 Å². The van der Waals surface area contributed by atoms with Crippen molar-refractivity contribution in [3.8, 4) is 5.75 Å². The van der Waals surface area contributed by atoms with Crippen LogP contribution in [0.4, 0.5) is 17.1 Å². The van der Waals surface area contributed by atoms with Crippen LogP contribution in [0, 0.1) is 0 Å². The highest BCUT2D eigenvalue weighted by atomic mass is 32.2. The monoisotopic (exact) mass is 512 g/mol. The standard InChI is InChI=1S/C26H32N4O5S/c1-35-20-10-8-19(9-11-20)27-25(31)18-30-24-17-21(36(33,34)28-14-4-2-5-15-28)12-13-22(24)29-16-6-3-7-23(29)26(30)32/h8-13,17,23H,2-7,14-16,18H2,1H3,(H,27,31)/t23-/m0/s1. The third-order valence-electron chi connectivity index (χ3n) is 7.23. The Kier molecular flexibility index (Phi) is 6.90. The SMILES string of the molecule is COc1ccc(NC(=O)CN2C(=O)[C@@H]3CCCCN3c3ccc(S(=O)(=O)N4CCCCC4)cc32)cc1. The number of carbonyl (C=O) groups is 2. The molecule has 2 saturated heterocycles. The zero-order valence-corrected chi connectivity index (χ0v) is 21.3. The Bertz CT molecular complexity index is 1240. The Balaban J connectivity index is 1.46. The fourth-order valence-electron chi connectivity index (χ4n) is 5.33. The second-order valence-corrected chi connectivity index (χ2v) is 11.5. The first kappa shape index (κ1) is 24.6. The van der Waals surface area contributed by atoms with Crippen LogP contribution in [0.2, 0.25) is 0 Å². The molecule has 1 N–H and O–H groups in total. The minimum absolute atomic E-state index is 0.159. The summed E-state index contributed by atoms with van der Waals surface area (Å²) in [6.07, 6.45) is 5.33. The summed E-state index contributed by atoms with van der Waals surface area (Å²) in [6, 6.07) is 11.6. The number of rotatable bonds is 6. The van der Waals surface area contributed by atoms with Crippen molar-refractivity contribution < 1.29 is 22.7 Å². The number of nitrogens with one attached hydrogen (secondary N) is 1. The van der Waals surface area contributed by atoms with Crippen LogP contribution in [-0.4, -0.2) is 63.9 Å². The van der Waals surface area contributed by atoms with Gasteiger partial charge in [0.05, 0.1) is 23.4 Å². The molecule has 192 valence electrons. The lowest BCUT2D eigenvalue weighted by Crippen LogP contribution is -2.56. The predicted octanol–water partition coefficient (Wildman–Crippen LogP) is 3.21. The molecule has 0 unspecified atom stereocenters. The number of nitrogens with zero attached hydrogens (tertiary/aromatic N) is 3. The van der Waals surface area contributed by atoms with E-state index in [1.807, 2.05) is 0 Å². The number of hydrogen-bond donors (Lipinski definition) is 1. The van der Waals surface area contributed by atoms with Gasteiger partial charge < -0.3 is 15.0 Å². The van der Waals surface area contributed by atoms with E-state index in [4.69, 9.17) is 4.74 Å². The first-order valence-electron chi connectivity index (χ1n) is 12.5. The van der Waals surface area contributed by atoms with Crippen LogP contribution in [0.25, 0.3) is 0 Å². The molecule has 0 bridgehead atoms. The average molecular weight is 513 g/mol. The smallest absolute Gasteiger partial charge is 0.250 e. The molecule has 5 rings (SSSR count). The molecule has 2 aromatic rings. The van der Waals surface area contributed by atoms with Gasteiger partial charge >= 0.3 is 0 Å². The number of ether oxygens (including phenoxy) is 1. The summed E-state index contributed by atoms with van der Waals surface area (Å²) in [7, 11) is -2.11. The molecule has 0 saturated carbocycles. The van der Waals surface area contributed by atoms with Gasteiger partial charge in [0.15, 0.2) is 0 Å². The molecule has 3 aliphatic heterocycles. The number of amides is 2. The molecule has 3 aliphatic rings. The average Bonchev–Trinajstić information content (AvgIpc) is 2.91. The maximum atomic E-state index is 13.6. The van der Waals surface area contributed by atoms with Gasteiger partial charge in [-0.1, -0.05) is 6.42 Å². The number of hydrogen-bond acceptors (Lipinski definition) is 6. The van der Waals surface area contributed by atoms with Crippen LogP contribution in [0.5, 0.6) is 5.75 Å². The van der Waals surface area contributed by atoms with Gasteiger partial charge in [0.2, 0.25) is 21.8 Å². The maximum Gasteiger partial charge on any atom is 0.250 e. The molecule has 36 heavy (non-hydrogen) atoms. The highest BCUT2D eigenvalue weighted by Crippen LogP contribution is 2.41. The summed E-state index contributed by atoms with van der Waals surface area (Å²) >= 11 is 0. The van der Waals surface area contributed by atoms with E-state index in [-0.39, 0.29) is 29.3 Å². The largest absolute Gasteiger partial charge is 0.497 e. The third kappa shape index (κ3) is 4.67. The highest BCUT2D eigenvalue weighted by Gasteiger charge is 2.41. The predicted molar refractivity (Wildman–Crippen MR) is 138 cm³/mol. The maximum absolute atomic E-state index is 13.6. The molecule has 9 nitrogen and oxygen atoms in total. The van der Waals surface area contributed by atoms with E-state index in [0.29, 0.717) is 36.6 Å². The van der Waals surface area contributed by atoms with Crippen LogP contribution in [0.15, 0.2) is 47.4 Å². The minimum Gasteiger partial charge on any atom is -0.497 e. The zero-order chi connectivity index (χ0) is 25.3. The molecular weight excluding hydrogens is 480 g/mol. The Hall–Kier alpha value is -3.11. The summed E-state index contributed by atoms with van der Waals surface area (Å²) in [4.78, 5) is 30.3. The van der Waals surface area contributed by atoms with Crippen molar-refractivity contribution in [1.82, 2.24) is 4.31 Å². The Morgan fingerprint density at radius 3 is 2.42 bits per heavy atom. The van der Waals surface area contributed by atoms with Crippen molar-refractivity contribution in [2.24, 2.45) is 0 Å². The van der Waals surface area contributed by atoms with Crippen LogP contribution in [0.1, 0.15) is 38.5 Å². The molecule has 0 spiro atoms. The summed E-state index contributed by atoms with van der Waals surface area (Å²) in [5, 5.41) is 2.83. The lowest BCUT2D eigenvalue weighted by Gasteiger charge is -2.45. The van der Waals surface area contributed by atoms with Gasteiger partial charge in [0.1, 0.15) is 18.3 Å². The Morgan fingerprint density at radius 2 is 1.69 bits per heavy atom. The molecule has 0 aromatic heterocycles. The number of carbonyl (C=O) groups excluding carboxylic acids is 2. The van der Waals surface area contributed by atoms with Crippen molar-refractivity contribution in [3.63, 3.8) is 0 Å². The van der Waals surface area contributed by atoms with Crippen molar-refractivity contribution in [3.05, 3.63) is 42.5 Å². The summed E-state index contributed by atoms with van der Waals surface area (Å²) in [5.41, 5.74) is 1.86. The summed E-state index contributed by atoms with van der Waals surface area (Å²) in [6.45, 7) is 1.53. The molecule has 1 atom stereocenters. The van der Waals surface area contributed by atoms with Crippen molar-refractivity contribution in [2.45, 2.75) is 49.5 Å².